The predicted molar refractivity (Wildman–Crippen MR) is 110 cm³/mol. The molecule has 2 aromatic rings. The molecule has 0 spiro atoms. The van der Waals surface area contributed by atoms with Crippen molar-refractivity contribution in [3.63, 3.8) is 0 Å². The average Bonchev–Trinajstić information content (AvgIpc) is 2.71. The van der Waals surface area contributed by atoms with E-state index in [0.29, 0.717) is 0 Å². The molecule has 3 nitrogen and oxygen atoms in total. The van der Waals surface area contributed by atoms with E-state index in [0.717, 1.165) is 30.6 Å². The quantitative estimate of drug-likeness (QED) is 0.736. The molecule has 1 amide bonds. The topological polar surface area (TPSA) is 38.3 Å². The number of rotatable bonds is 7. The van der Waals surface area contributed by atoms with Crippen LogP contribution < -0.4 is 10.1 Å². The Hall–Kier alpha value is -2.29. The normalized spacial score (nSPS) is 15.5. The molecule has 0 aliphatic heterocycles. The summed E-state index contributed by atoms with van der Waals surface area (Å²) in [6.45, 7) is 6.03. The zero-order valence-corrected chi connectivity index (χ0v) is 16.8. The third-order valence-electron chi connectivity index (χ3n) is 5.53. The minimum atomic E-state index is -0.524. The maximum atomic E-state index is 12.7. The largest absolute Gasteiger partial charge is 0.481 e. The van der Waals surface area contributed by atoms with Gasteiger partial charge in [0.05, 0.1) is 6.04 Å². The van der Waals surface area contributed by atoms with Crippen LogP contribution in [0.5, 0.6) is 5.75 Å². The van der Waals surface area contributed by atoms with Crippen molar-refractivity contribution >= 4 is 5.91 Å². The van der Waals surface area contributed by atoms with Crippen LogP contribution in [0.1, 0.15) is 68.3 Å². The second-order valence-electron chi connectivity index (χ2n) is 7.43. The van der Waals surface area contributed by atoms with Crippen molar-refractivity contribution in [1.29, 1.82) is 0 Å². The van der Waals surface area contributed by atoms with Crippen LogP contribution in [0.25, 0.3) is 0 Å². The van der Waals surface area contributed by atoms with E-state index >= 15 is 0 Å². The number of carbonyl (C=O) groups is 1. The van der Waals surface area contributed by atoms with Gasteiger partial charge in [-0.15, -0.1) is 0 Å². The fraction of sp³-hybridized carbons (Fsp3) is 0.458. The standard InChI is InChI=1S/C24H31NO2/c1-4-18-10-8-9-13-23(18)27-17(3)24(26)25-22(5-2)21-15-14-19-11-6-7-12-20(19)16-21/h8-10,13-17,22H,4-7,11-12H2,1-3H3,(H,25,26)/t17-,22-/m1/s1. The van der Waals surface area contributed by atoms with Crippen LogP contribution in [0.3, 0.4) is 0 Å². The molecule has 2 atom stereocenters. The summed E-state index contributed by atoms with van der Waals surface area (Å²) in [4.78, 5) is 12.7. The van der Waals surface area contributed by atoms with Crippen molar-refractivity contribution < 1.29 is 9.53 Å². The van der Waals surface area contributed by atoms with Crippen LogP contribution in [-0.4, -0.2) is 12.0 Å². The number of nitrogens with one attached hydrogen (secondary N) is 1. The summed E-state index contributed by atoms with van der Waals surface area (Å²) in [6.07, 6.45) is 6.11. The highest BCUT2D eigenvalue weighted by Gasteiger charge is 2.21. The van der Waals surface area contributed by atoms with Gasteiger partial charge in [0.15, 0.2) is 6.10 Å². The van der Waals surface area contributed by atoms with Crippen LogP contribution >= 0.6 is 0 Å². The maximum Gasteiger partial charge on any atom is 0.261 e. The molecule has 0 saturated heterocycles. The second kappa shape index (κ2) is 9.07. The summed E-state index contributed by atoms with van der Waals surface area (Å²) in [5.41, 5.74) is 5.25. The molecule has 144 valence electrons. The Morgan fingerprint density at radius 3 is 2.56 bits per heavy atom. The van der Waals surface area contributed by atoms with Crippen molar-refractivity contribution in [3.05, 3.63) is 64.7 Å². The lowest BCUT2D eigenvalue weighted by molar-refractivity contribution is -0.128. The number of hydrogen-bond acceptors (Lipinski definition) is 2. The van der Waals surface area contributed by atoms with Crippen molar-refractivity contribution in [2.75, 3.05) is 0 Å². The number of fused-ring (bicyclic) bond motifs is 1. The molecule has 0 fully saturated rings. The van der Waals surface area contributed by atoms with Crippen molar-refractivity contribution in [2.24, 2.45) is 0 Å². The highest BCUT2D eigenvalue weighted by Crippen LogP contribution is 2.26. The molecule has 0 radical (unpaired) electrons. The Balaban J connectivity index is 1.67. The number of aryl methyl sites for hydroxylation is 3. The average molecular weight is 366 g/mol. The fourth-order valence-electron chi connectivity index (χ4n) is 3.84. The first-order chi connectivity index (χ1) is 13.1. The smallest absolute Gasteiger partial charge is 0.261 e. The van der Waals surface area contributed by atoms with Gasteiger partial charge in [-0.2, -0.15) is 0 Å². The van der Waals surface area contributed by atoms with E-state index in [9.17, 15) is 4.79 Å². The molecule has 1 aliphatic rings. The molecule has 1 aliphatic carbocycles. The predicted octanol–water partition coefficient (Wildman–Crippen LogP) is 5.16. The molecular formula is C24H31NO2. The van der Waals surface area contributed by atoms with Crippen LogP contribution in [0.2, 0.25) is 0 Å². The molecule has 2 aromatic carbocycles. The summed E-state index contributed by atoms with van der Waals surface area (Å²) in [5.74, 6) is 0.731. The summed E-state index contributed by atoms with van der Waals surface area (Å²) in [7, 11) is 0. The summed E-state index contributed by atoms with van der Waals surface area (Å²) >= 11 is 0. The van der Waals surface area contributed by atoms with E-state index in [2.05, 4.69) is 37.4 Å². The molecular weight excluding hydrogens is 334 g/mol. The highest BCUT2D eigenvalue weighted by molar-refractivity contribution is 5.81. The Bertz CT molecular complexity index is 784. The van der Waals surface area contributed by atoms with Gasteiger partial charge < -0.3 is 10.1 Å². The van der Waals surface area contributed by atoms with Crippen molar-refractivity contribution in [2.45, 2.75) is 71.4 Å². The lowest BCUT2D eigenvalue weighted by Gasteiger charge is -2.24. The molecule has 3 rings (SSSR count). The molecule has 0 heterocycles. The number of benzene rings is 2. The monoisotopic (exact) mass is 365 g/mol. The SMILES string of the molecule is CCc1ccccc1O[C@H](C)C(=O)N[C@H](CC)c1ccc2c(c1)CCCC2. The van der Waals surface area contributed by atoms with Gasteiger partial charge in [-0.05, 0) is 73.8 Å². The van der Waals surface area contributed by atoms with E-state index in [1.807, 2.05) is 31.2 Å². The van der Waals surface area contributed by atoms with E-state index in [4.69, 9.17) is 4.74 Å². The molecule has 27 heavy (non-hydrogen) atoms. The number of carbonyl (C=O) groups excluding carboxylic acids is 1. The van der Waals surface area contributed by atoms with Crippen LogP contribution in [-0.2, 0) is 24.1 Å². The lowest BCUT2D eigenvalue weighted by atomic mass is 9.89. The Kier molecular flexibility index (Phi) is 6.54. The molecule has 0 aromatic heterocycles. The van der Waals surface area contributed by atoms with E-state index in [1.54, 1.807) is 0 Å². The third-order valence-corrected chi connectivity index (χ3v) is 5.53. The maximum absolute atomic E-state index is 12.7. The van der Waals surface area contributed by atoms with Gasteiger partial charge in [0, 0.05) is 0 Å². The van der Waals surface area contributed by atoms with Crippen molar-refractivity contribution in [3.8, 4) is 5.75 Å². The minimum Gasteiger partial charge on any atom is -0.481 e. The molecule has 0 bridgehead atoms. The summed E-state index contributed by atoms with van der Waals surface area (Å²) in [5, 5.41) is 3.18. The first-order valence-electron chi connectivity index (χ1n) is 10.3. The summed E-state index contributed by atoms with van der Waals surface area (Å²) in [6, 6.07) is 14.7. The summed E-state index contributed by atoms with van der Waals surface area (Å²) < 4.78 is 5.96. The van der Waals surface area contributed by atoms with Gasteiger partial charge in [0.2, 0.25) is 0 Å². The van der Waals surface area contributed by atoms with Gasteiger partial charge in [-0.3, -0.25) is 4.79 Å². The lowest BCUT2D eigenvalue weighted by Crippen LogP contribution is -2.38. The Morgan fingerprint density at radius 2 is 1.81 bits per heavy atom. The number of ether oxygens (including phenoxy) is 1. The number of para-hydroxylation sites is 1. The van der Waals surface area contributed by atoms with Crippen molar-refractivity contribution in [1.82, 2.24) is 5.32 Å². The fourth-order valence-corrected chi connectivity index (χ4v) is 3.84. The van der Waals surface area contributed by atoms with E-state index in [1.165, 1.54) is 36.0 Å². The zero-order chi connectivity index (χ0) is 19.2. The molecule has 0 saturated carbocycles. The number of amides is 1. The van der Waals surface area contributed by atoms with Crippen LogP contribution in [0, 0.1) is 0 Å². The first-order valence-corrected chi connectivity index (χ1v) is 10.3. The van der Waals surface area contributed by atoms with Gasteiger partial charge in [0.1, 0.15) is 5.75 Å². The van der Waals surface area contributed by atoms with Gasteiger partial charge >= 0.3 is 0 Å². The highest BCUT2D eigenvalue weighted by atomic mass is 16.5. The second-order valence-corrected chi connectivity index (χ2v) is 7.43. The van der Waals surface area contributed by atoms with Gasteiger partial charge in [-0.1, -0.05) is 50.2 Å². The van der Waals surface area contributed by atoms with Crippen LogP contribution in [0.4, 0.5) is 0 Å². The zero-order valence-electron chi connectivity index (χ0n) is 16.8. The Morgan fingerprint density at radius 1 is 1.07 bits per heavy atom. The number of hydrogen-bond donors (Lipinski definition) is 1. The molecule has 3 heteroatoms. The first kappa shape index (κ1) is 19.5. The third kappa shape index (κ3) is 4.71. The van der Waals surface area contributed by atoms with Gasteiger partial charge in [0.25, 0.3) is 5.91 Å². The Labute approximate surface area is 163 Å². The molecule has 0 unspecified atom stereocenters. The van der Waals surface area contributed by atoms with E-state index < -0.39 is 6.10 Å². The minimum absolute atomic E-state index is 0.0252. The van der Waals surface area contributed by atoms with Crippen LogP contribution in [0.15, 0.2) is 42.5 Å². The van der Waals surface area contributed by atoms with E-state index in [-0.39, 0.29) is 11.9 Å². The van der Waals surface area contributed by atoms with Gasteiger partial charge in [-0.25, -0.2) is 0 Å². The molecule has 1 N–H and O–H groups in total.